The lowest BCUT2D eigenvalue weighted by molar-refractivity contribution is 0.0935. The van der Waals surface area contributed by atoms with Gasteiger partial charge in [-0.15, -0.1) is 0 Å². The third-order valence-corrected chi connectivity index (χ3v) is 4.81. The number of fused-ring (bicyclic) bond motifs is 1. The summed E-state index contributed by atoms with van der Waals surface area (Å²) in [5.41, 5.74) is 0.413. The number of hydrogen-bond acceptors (Lipinski definition) is 1. The predicted octanol–water partition coefficient (Wildman–Crippen LogP) is 2.97. The maximum Gasteiger partial charge on any atom is 0.105 e. The molecule has 3 fully saturated rings. The number of allylic oxidation sites excluding steroid dienone is 2. The zero-order valence-corrected chi connectivity index (χ0v) is 8.71. The Bertz CT molecular complexity index is 281. The summed E-state index contributed by atoms with van der Waals surface area (Å²) < 4.78 is 6.06. The fraction of sp³-hybridized carbons (Fsp3) is 0.833. The van der Waals surface area contributed by atoms with E-state index in [0.717, 1.165) is 17.8 Å². The van der Waals surface area contributed by atoms with Gasteiger partial charge in [-0.1, -0.05) is 13.8 Å². The molecule has 1 nitrogen and oxygen atoms in total. The molecule has 1 aliphatic heterocycles. The van der Waals surface area contributed by atoms with Crippen molar-refractivity contribution in [1.82, 2.24) is 0 Å². The standard InChI is InChI=1S/C12H18O/c1-4-10-12(3)6-8-5-9(12)11(13-10)7(8)2/h4,7-9,11H,5-6H2,1-3H3/b10-4-/t7-,8?,9?,11?,12-/m1/s1. The monoisotopic (exact) mass is 178 g/mol. The van der Waals surface area contributed by atoms with Gasteiger partial charge in [-0.05, 0) is 37.7 Å². The van der Waals surface area contributed by atoms with E-state index < -0.39 is 0 Å². The molecule has 1 heterocycles. The van der Waals surface area contributed by atoms with Gasteiger partial charge in [0, 0.05) is 11.3 Å². The maximum atomic E-state index is 6.06. The third kappa shape index (κ3) is 0.707. The van der Waals surface area contributed by atoms with Crippen molar-refractivity contribution in [2.45, 2.75) is 39.7 Å². The average Bonchev–Trinajstić information content (AvgIpc) is 2.62. The second kappa shape index (κ2) is 2.13. The van der Waals surface area contributed by atoms with E-state index in [4.69, 9.17) is 4.74 Å². The second-order valence-electron chi connectivity index (χ2n) is 5.32. The Labute approximate surface area is 80.2 Å². The lowest BCUT2D eigenvalue weighted by atomic mass is 9.72. The fourth-order valence-electron chi connectivity index (χ4n) is 4.05. The molecule has 2 bridgehead atoms. The van der Waals surface area contributed by atoms with E-state index in [9.17, 15) is 0 Å². The number of hydrogen-bond donors (Lipinski definition) is 0. The van der Waals surface area contributed by atoms with Crippen molar-refractivity contribution < 1.29 is 4.74 Å². The fourth-order valence-corrected chi connectivity index (χ4v) is 4.05. The van der Waals surface area contributed by atoms with Crippen LogP contribution < -0.4 is 0 Å². The van der Waals surface area contributed by atoms with Gasteiger partial charge >= 0.3 is 0 Å². The highest BCUT2D eigenvalue weighted by molar-refractivity contribution is 5.23. The summed E-state index contributed by atoms with van der Waals surface area (Å²) >= 11 is 0. The molecule has 2 saturated carbocycles. The van der Waals surface area contributed by atoms with Crippen LogP contribution in [0, 0.1) is 23.2 Å². The molecule has 0 spiro atoms. The molecule has 0 N–H and O–H groups in total. The normalized spacial score (nSPS) is 60.4. The van der Waals surface area contributed by atoms with E-state index in [2.05, 4.69) is 26.8 Å². The van der Waals surface area contributed by atoms with Crippen molar-refractivity contribution in [2.75, 3.05) is 0 Å². The van der Waals surface area contributed by atoms with Crippen molar-refractivity contribution in [2.24, 2.45) is 23.2 Å². The van der Waals surface area contributed by atoms with Gasteiger partial charge < -0.3 is 4.74 Å². The molecule has 1 saturated heterocycles. The van der Waals surface area contributed by atoms with E-state index in [0.29, 0.717) is 11.5 Å². The highest BCUT2D eigenvalue weighted by Gasteiger charge is 2.64. The third-order valence-electron chi connectivity index (χ3n) is 4.81. The molecule has 0 aromatic rings. The Morgan fingerprint density at radius 3 is 2.85 bits per heavy atom. The zero-order chi connectivity index (χ0) is 9.22. The highest BCUT2D eigenvalue weighted by atomic mass is 16.5. The molecule has 0 aromatic heterocycles. The van der Waals surface area contributed by atoms with Gasteiger partial charge in [0.05, 0.1) is 5.76 Å². The summed E-state index contributed by atoms with van der Waals surface area (Å²) in [7, 11) is 0. The van der Waals surface area contributed by atoms with Crippen LogP contribution in [0.3, 0.4) is 0 Å². The van der Waals surface area contributed by atoms with Gasteiger partial charge in [0.2, 0.25) is 0 Å². The first-order valence-corrected chi connectivity index (χ1v) is 5.50. The van der Waals surface area contributed by atoms with Crippen LogP contribution in [-0.4, -0.2) is 6.10 Å². The van der Waals surface area contributed by atoms with Gasteiger partial charge in [0.25, 0.3) is 0 Å². The maximum absolute atomic E-state index is 6.06. The lowest BCUT2D eigenvalue weighted by Gasteiger charge is -2.28. The van der Waals surface area contributed by atoms with E-state index in [1.165, 1.54) is 18.6 Å². The minimum atomic E-state index is 0.413. The quantitative estimate of drug-likeness (QED) is 0.554. The van der Waals surface area contributed by atoms with Crippen LogP contribution in [0.5, 0.6) is 0 Å². The van der Waals surface area contributed by atoms with Crippen LogP contribution in [0.2, 0.25) is 0 Å². The molecule has 0 radical (unpaired) electrons. The van der Waals surface area contributed by atoms with Crippen LogP contribution in [0.15, 0.2) is 11.8 Å². The summed E-state index contributed by atoms with van der Waals surface area (Å²) in [6.45, 7) is 6.88. The summed E-state index contributed by atoms with van der Waals surface area (Å²) in [6.07, 6.45) is 5.53. The molecular weight excluding hydrogens is 160 g/mol. The van der Waals surface area contributed by atoms with E-state index in [1.54, 1.807) is 0 Å². The molecule has 5 atom stereocenters. The number of ether oxygens (including phenoxy) is 1. The Morgan fingerprint density at radius 1 is 1.54 bits per heavy atom. The summed E-state index contributed by atoms with van der Waals surface area (Å²) in [6, 6.07) is 0. The molecule has 13 heavy (non-hydrogen) atoms. The topological polar surface area (TPSA) is 9.23 Å². The van der Waals surface area contributed by atoms with Crippen LogP contribution in [0.4, 0.5) is 0 Å². The van der Waals surface area contributed by atoms with Crippen molar-refractivity contribution >= 4 is 0 Å². The second-order valence-corrected chi connectivity index (χ2v) is 5.32. The molecule has 3 unspecified atom stereocenters. The summed E-state index contributed by atoms with van der Waals surface area (Å²) in [4.78, 5) is 0. The Hall–Kier alpha value is -0.460. The minimum absolute atomic E-state index is 0.413. The molecular formula is C12H18O. The summed E-state index contributed by atoms with van der Waals surface area (Å²) in [5.74, 6) is 3.86. The van der Waals surface area contributed by atoms with E-state index >= 15 is 0 Å². The Kier molecular flexibility index (Phi) is 1.29. The average molecular weight is 178 g/mol. The highest BCUT2D eigenvalue weighted by Crippen LogP contribution is 2.66. The molecule has 2 aliphatic carbocycles. The Balaban J connectivity index is 2.08. The molecule has 1 heteroatoms. The van der Waals surface area contributed by atoms with E-state index in [-0.39, 0.29) is 0 Å². The van der Waals surface area contributed by atoms with Crippen LogP contribution in [-0.2, 0) is 4.74 Å². The first-order valence-electron chi connectivity index (χ1n) is 5.50. The first-order chi connectivity index (χ1) is 6.16. The van der Waals surface area contributed by atoms with Gasteiger partial charge in [0.15, 0.2) is 0 Å². The SMILES string of the molecule is C/C=C1\OC2C3CC(C[C@@]13C)[C@H]2C. The lowest BCUT2D eigenvalue weighted by Crippen LogP contribution is -2.30. The van der Waals surface area contributed by atoms with Crippen molar-refractivity contribution in [3.63, 3.8) is 0 Å². The smallest absolute Gasteiger partial charge is 0.105 e. The van der Waals surface area contributed by atoms with Crippen molar-refractivity contribution in [3.8, 4) is 0 Å². The van der Waals surface area contributed by atoms with Crippen LogP contribution in [0.1, 0.15) is 33.6 Å². The van der Waals surface area contributed by atoms with Crippen molar-refractivity contribution in [3.05, 3.63) is 11.8 Å². The predicted molar refractivity (Wildman–Crippen MR) is 52.1 cm³/mol. The van der Waals surface area contributed by atoms with Gasteiger partial charge in [-0.25, -0.2) is 0 Å². The first kappa shape index (κ1) is 7.90. The largest absolute Gasteiger partial charge is 0.494 e. The Morgan fingerprint density at radius 2 is 2.31 bits per heavy atom. The summed E-state index contributed by atoms with van der Waals surface area (Å²) in [5, 5.41) is 0. The zero-order valence-electron chi connectivity index (χ0n) is 8.71. The molecule has 3 rings (SSSR count). The van der Waals surface area contributed by atoms with Gasteiger partial charge in [0.1, 0.15) is 6.10 Å². The van der Waals surface area contributed by atoms with Crippen molar-refractivity contribution in [1.29, 1.82) is 0 Å². The van der Waals surface area contributed by atoms with Crippen LogP contribution in [0.25, 0.3) is 0 Å². The molecule has 72 valence electrons. The molecule has 0 amide bonds. The molecule has 3 aliphatic rings. The minimum Gasteiger partial charge on any atom is -0.494 e. The van der Waals surface area contributed by atoms with Crippen LogP contribution >= 0.6 is 0 Å². The van der Waals surface area contributed by atoms with E-state index in [1.807, 2.05) is 0 Å². The number of rotatable bonds is 0. The molecule has 0 aromatic carbocycles. The van der Waals surface area contributed by atoms with Gasteiger partial charge in [-0.2, -0.15) is 0 Å². The van der Waals surface area contributed by atoms with Gasteiger partial charge in [-0.3, -0.25) is 0 Å².